The van der Waals surface area contributed by atoms with Gasteiger partial charge in [0.25, 0.3) is 0 Å². The molecule has 15 nitrogen and oxygen atoms in total. The smallest absolute Gasteiger partial charge is 0.306 e. The van der Waals surface area contributed by atoms with Gasteiger partial charge in [0.1, 0.15) is 55.4 Å². The van der Waals surface area contributed by atoms with Gasteiger partial charge in [0.05, 0.1) is 19.8 Å². The van der Waals surface area contributed by atoms with E-state index in [0.29, 0.717) is 12.8 Å². The highest BCUT2D eigenvalue weighted by atomic mass is 16.7. The van der Waals surface area contributed by atoms with Crippen molar-refractivity contribution in [2.24, 2.45) is 0 Å². The maximum Gasteiger partial charge on any atom is 0.306 e. The molecule has 0 aromatic rings. The third-order valence-corrected chi connectivity index (χ3v) is 11.7. The molecule has 0 aliphatic carbocycles. The van der Waals surface area contributed by atoms with E-state index in [2.05, 4.69) is 26.0 Å². The average Bonchev–Trinajstić information content (AvgIpc) is 3.26. The standard InChI is InChI=1S/C47H86O15/c1-3-5-7-9-11-13-15-16-17-18-20-22-24-26-28-30-39(50)60-35(32-57-38(49)29-27-25-23-21-19-14-12-10-8-6-4-2)33-58-46-45(56)43(54)41(52)37(62-46)34-59-47-44(55)42(53)40(51)36(31-48)61-47/h9,11,35-37,40-48,51-56H,3-8,10,12-34H2,1-2H3/b11-9+/t35-,36-,37-,40+,41+,42?,43?,44?,45?,46-,47-/m1/s1. The van der Waals surface area contributed by atoms with Crippen molar-refractivity contribution < 1.29 is 73.8 Å². The zero-order valence-corrected chi connectivity index (χ0v) is 38.1. The Bertz CT molecular complexity index is 1140. The van der Waals surface area contributed by atoms with Crippen molar-refractivity contribution in [2.75, 3.05) is 26.4 Å². The molecule has 0 spiro atoms. The summed E-state index contributed by atoms with van der Waals surface area (Å²) in [6, 6.07) is 0. The first-order valence-electron chi connectivity index (χ1n) is 24.3. The normalized spacial score (nSPS) is 27.1. The van der Waals surface area contributed by atoms with Crippen LogP contribution in [0.15, 0.2) is 12.2 Å². The Kier molecular flexibility index (Phi) is 32.3. The molecule has 4 unspecified atom stereocenters. The van der Waals surface area contributed by atoms with Crippen LogP contribution >= 0.6 is 0 Å². The lowest BCUT2D eigenvalue weighted by Gasteiger charge is -2.42. The summed E-state index contributed by atoms with van der Waals surface area (Å²) in [5.74, 6) is -0.922. The van der Waals surface area contributed by atoms with Crippen LogP contribution in [0.4, 0.5) is 0 Å². The molecule has 0 aromatic heterocycles. The number of carbonyl (C=O) groups is 2. The molecule has 7 N–H and O–H groups in total. The molecule has 11 atom stereocenters. The maximum atomic E-state index is 13.0. The highest BCUT2D eigenvalue weighted by Crippen LogP contribution is 2.26. The van der Waals surface area contributed by atoms with Crippen molar-refractivity contribution in [1.82, 2.24) is 0 Å². The van der Waals surface area contributed by atoms with Gasteiger partial charge >= 0.3 is 11.9 Å². The first-order valence-corrected chi connectivity index (χ1v) is 24.3. The van der Waals surface area contributed by atoms with E-state index in [1.54, 1.807) is 0 Å². The molecule has 2 fully saturated rings. The van der Waals surface area contributed by atoms with Crippen molar-refractivity contribution in [1.29, 1.82) is 0 Å². The van der Waals surface area contributed by atoms with E-state index >= 15 is 0 Å². The van der Waals surface area contributed by atoms with Crippen molar-refractivity contribution in [3.8, 4) is 0 Å². The van der Waals surface area contributed by atoms with Gasteiger partial charge in [-0.25, -0.2) is 0 Å². The Hall–Kier alpha value is -1.76. The number of carbonyl (C=O) groups excluding carboxylic acids is 2. The SMILES string of the molecule is CCCC/C=C/CCCCCCCCCCCC(=O)O[C@H](COC(=O)CCCCCCCCCCCCC)CO[C@@H]1O[C@H](CO[C@@H]2O[C@H](CO)[C@H](O)C(O)C2O)[C@H](O)C(O)C1O. The number of esters is 2. The highest BCUT2D eigenvalue weighted by molar-refractivity contribution is 5.70. The number of allylic oxidation sites excluding steroid dienone is 2. The fourth-order valence-corrected chi connectivity index (χ4v) is 7.67. The van der Waals surface area contributed by atoms with Crippen molar-refractivity contribution >= 4 is 11.9 Å². The molecule has 2 heterocycles. The van der Waals surface area contributed by atoms with Crippen molar-refractivity contribution in [2.45, 2.75) is 248 Å². The number of unbranched alkanes of at least 4 members (excludes halogenated alkanes) is 21. The number of hydrogen-bond acceptors (Lipinski definition) is 15. The lowest BCUT2D eigenvalue weighted by Crippen LogP contribution is -2.61. The first kappa shape index (κ1) is 56.4. The highest BCUT2D eigenvalue weighted by Gasteiger charge is 2.47. The topological polar surface area (TPSA) is 231 Å². The summed E-state index contributed by atoms with van der Waals surface area (Å²) in [4.78, 5) is 25.6. The largest absolute Gasteiger partial charge is 0.462 e. The molecular weight excluding hydrogens is 805 g/mol. The number of rotatable bonds is 37. The van der Waals surface area contributed by atoms with Crippen LogP contribution in [0, 0.1) is 0 Å². The van der Waals surface area contributed by atoms with E-state index in [0.717, 1.165) is 44.9 Å². The molecule has 62 heavy (non-hydrogen) atoms. The van der Waals surface area contributed by atoms with Gasteiger partial charge in [0.15, 0.2) is 18.7 Å². The predicted molar refractivity (Wildman–Crippen MR) is 234 cm³/mol. The molecule has 2 aliphatic rings. The lowest BCUT2D eigenvalue weighted by atomic mass is 9.98. The first-order chi connectivity index (χ1) is 30.0. The minimum atomic E-state index is -1.76. The van der Waals surface area contributed by atoms with Crippen LogP contribution in [-0.4, -0.2) is 142 Å². The van der Waals surface area contributed by atoms with Crippen LogP contribution in [0.5, 0.6) is 0 Å². The summed E-state index contributed by atoms with van der Waals surface area (Å²) in [5.41, 5.74) is 0. The summed E-state index contributed by atoms with van der Waals surface area (Å²) in [6.45, 7) is 2.55. The second-order valence-corrected chi connectivity index (χ2v) is 17.3. The Morgan fingerprint density at radius 1 is 0.500 bits per heavy atom. The second-order valence-electron chi connectivity index (χ2n) is 17.3. The average molecular weight is 891 g/mol. The zero-order chi connectivity index (χ0) is 45.4. The summed E-state index contributed by atoms with van der Waals surface area (Å²) < 4.78 is 33.5. The summed E-state index contributed by atoms with van der Waals surface area (Å²) in [5, 5.41) is 71.9. The van der Waals surface area contributed by atoms with Crippen LogP contribution in [0.1, 0.15) is 181 Å². The van der Waals surface area contributed by atoms with Gasteiger partial charge in [-0.2, -0.15) is 0 Å². The lowest BCUT2D eigenvalue weighted by molar-refractivity contribution is -0.332. The van der Waals surface area contributed by atoms with Gasteiger partial charge in [-0.15, -0.1) is 0 Å². The molecule has 2 aliphatic heterocycles. The Morgan fingerprint density at radius 2 is 0.935 bits per heavy atom. The van der Waals surface area contributed by atoms with Crippen LogP contribution in [0.3, 0.4) is 0 Å². The second kappa shape index (κ2) is 35.5. The fraction of sp³-hybridized carbons (Fsp3) is 0.915. The van der Waals surface area contributed by atoms with Gasteiger partial charge < -0.3 is 64.2 Å². The third-order valence-electron chi connectivity index (χ3n) is 11.7. The Labute approximate surface area is 371 Å². The van der Waals surface area contributed by atoms with Gasteiger partial charge in [0, 0.05) is 12.8 Å². The van der Waals surface area contributed by atoms with Gasteiger partial charge in [0.2, 0.25) is 0 Å². The van der Waals surface area contributed by atoms with E-state index in [1.165, 1.54) is 96.3 Å². The molecule has 0 saturated carbocycles. The van der Waals surface area contributed by atoms with E-state index in [9.17, 15) is 45.3 Å². The van der Waals surface area contributed by atoms with E-state index < -0.39 is 92.7 Å². The summed E-state index contributed by atoms with van der Waals surface area (Å²) >= 11 is 0. The molecule has 2 rings (SSSR count). The number of aliphatic hydroxyl groups is 7. The molecular formula is C47H86O15. The van der Waals surface area contributed by atoms with Gasteiger partial charge in [-0.3, -0.25) is 9.59 Å². The van der Waals surface area contributed by atoms with Gasteiger partial charge in [-0.1, -0.05) is 148 Å². The molecule has 0 radical (unpaired) electrons. The van der Waals surface area contributed by atoms with E-state index in [-0.39, 0.29) is 26.1 Å². The molecule has 0 aromatic carbocycles. The van der Waals surface area contributed by atoms with E-state index in [4.69, 9.17) is 28.4 Å². The van der Waals surface area contributed by atoms with Gasteiger partial charge in [-0.05, 0) is 32.1 Å². The Balaban J connectivity index is 1.83. The number of aliphatic hydroxyl groups excluding tert-OH is 7. The third kappa shape index (κ3) is 24.0. The van der Waals surface area contributed by atoms with Crippen LogP contribution in [0.2, 0.25) is 0 Å². The molecule has 2 saturated heterocycles. The van der Waals surface area contributed by atoms with Crippen LogP contribution in [-0.2, 0) is 38.0 Å². The van der Waals surface area contributed by atoms with Crippen molar-refractivity contribution in [3.63, 3.8) is 0 Å². The maximum absolute atomic E-state index is 13.0. The van der Waals surface area contributed by atoms with Crippen molar-refractivity contribution in [3.05, 3.63) is 12.2 Å². The molecule has 364 valence electrons. The van der Waals surface area contributed by atoms with Crippen LogP contribution < -0.4 is 0 Å². The monoisotopic (exact) mass is 891 g/mol. The fourth-order valence-electron chi connectivity index (χ4n) is 7.67. The zero-order valence-electron chi connectivity index (χ0n) is 38.1. The minimum absolute atomic E-state index is 0.166. The molecule has 0 amide bonds. The molecule has 0 bridgehead atoms. The van der Waals surface area contributed by atoms with E-state index in [1.807, 2.05) is 0 Å². The quantitative estimate of drug-likeness (QED) is 0.0221. The summed E-state index contributed by atoms with van der Waals surface area (Å²) in [7, 11) is 0. The van der Waals surface area contributed by atoms with Crippen LogP contribution in [0.25, 0.3) is 0 Å². The summed E-state index contributed by atoms with van der Waals surface area (Å²) in [6.07, 6.45) is 15.3. The minimum Gasteiger partial charge on any atom is -0.462 e. The number of ether oxygens (including phenoxy) is 6. The Morgan fingerprint density at radius 3 is 1.47 bits per heavy atom. The number of hydrogen-bond donors (Lipinski definition) is 7. The molecule has 15 heteroatoms. The predicted octanol–water partition coefficient (Wildman–Crippen LogP) is 5.82.